The zero-order valence-electron chi connectivity index (χ0n) is 11.1. The molecule has 1 heterocycles. The number of halogens is 2. The van der Waals surface area contributed by atoms with E-state index in [1.54, 1.807) is 12.1 Å². The molecule has 1 saturated heterocycles. The highest BCUT2D eigenvalue weighted by atomic mass is 35.5. The van der Waals surface area contributed by atoms with Crippen LogP contribution >= 0.6 is 23.2 Å². The lowest BCUT2D eigenvalue weighted by Crippen LogP contribution is -2.43. The number of sulfonamides is 1. The van der Waals surface area contributed by atoms with Crippen molar-refractivity contribution < 1.29 is 13.2 Å². The molecule has 0 unspecified atom stereocenters. The van der Waals surface area contributed by atoms with Gasteiger partial charge >= 0.3 is 0 Å². The van der Waals surface area contributed by atoms with Crippen LogP contribution in [0.1, 0.15) is 12.0 Å². The second kappa shape index (κ2) is 6.62. The summed E-state index contributed by atoms with van der Waals surface area (Å²) < 4.78 is 32.0. The third-order valence-corrected chi connectivity index (χ3v) is 6.16. The van der Waals surface area contributed by atoms with Gasteiger partial charge in [-0.15, -0.1) is 0 Å². The number of nitrogens with one attached hydrogen (secondary N) is 1. The van der Waals surface area contributed by atoms with Crippen molar-refractivity contribution in [2.75, 3.05) is 20.3 Å². The number of benzene rings is 1. The Hall–Kier alpha value is -0.330. The lowest BCUT2D eigenvalue weighted by molar-refractivity contribution is 0.0571. The summed E-state index contributed by atoms with van der Waals surface area (Å²) in [5.74, 6) is -0.111. The Morgan fingerprint density at radius 1 is 1.40 bits per heavy atom. The molecule has 0 aliphatic carbocycles. The molecule has 0 saturated carbocycles. The monoisotopic (exact) mass is 337 g/mol. The number of ether oxygens (including phenoxy) is 1. The van der Waals surface area contributed by atoms with Crippen molar-refractivity contribution in [1.82, 2.24) is 4.72 Å². The highest BCUT2D eigenvalue weighted by Crippen LogP contribution is 2.29. The van der Waals surface area contributed by atoms with Crippen LogP contribution in [0.25, 0.3) is 0 Å². The van der Waals surface area contributed by atoms with Crippen LogP contribution in [0.15, 0.2) is 18.2 Å². The van der Waals surface area contributed by atoms with Crippen molar-refractivity contribution in [3.63, 3.8) is 0 Å². The second-order valence-electron chi connectivity index (χ2n) is 4.85. The fourth-order valence-electron chi connectivity index (χ4n) is 2.50. The first-order valence-corrected chi connectivity index (χ1v) is 8.68. The minimum Gasteiger partial charge on any atom is -0.381 e. The summed E-state index contributed by atoms with van der Waals surface area (Å²) in [6, 6.07) is 5.26. The lowest BCUT2D eigenvalue weighted by atomic mass is 9.93. The van der Waals surface area contributed by atoms with Gasteiger partial charge in [0.1, 0.15) is 0 Å². The molecule has 1 aliphatic rings. The highest BCUT2D eigenvalue weighted by molar-refractivity contribution is 7.90. The molecule has 4 nitrogen and oxygen atoms in total. The van der Waals surface area contributed by atoms with E-state index < -0.39 is 15.3 Å². The van der Waals surface area contributed by atoms with Crippen LogP contribution in [-0.2, 0) is 21.2 Å². The van der Waals surface area contributed by atoms with Gasteiger partial charge in [0, 0.05) is 22.6 Å². The molecule has 0 radical (unpaired) electrons. The molecule has 7 heteroatoms. The lowest BCUT2D eigenvalue weighted by Gasteiger charge is -2.31. The van der Waals surface area contributed by atoms with E-state index in [1.165, 1.54) is 7.05 Å². The van der Waals surface area contributed by atoms with E-state index in [1.807, 2.05) is 6.07 Å². The van der Waals surface area contributed by atoms with E-state index in [4.69, 9.17) is 27.9 Å². The molecular formula is C13H17Cl2NO3S. The fraction of sp³-hybridized carbons (Fsp3) is 0.538. The predicted molar refractivity (Wildman–Crippen MR) is 80.9 cm³/mol. The van der Waals surface area contributed by atoms with Gasteiger partial charge in [-0.05, 0) is 37.6 Å². The van der Waals surface area contributed by atoms with Crippen LogP contribution in [-0.4, -0.2) is 33.9 Å². The van der Waals surface area contributed by atoms with E-state index in [0.29, 0.717) is 36.1 Å². The predicted octanol–water partition coefficient (Wildman–Crippen LogP) is 2.49. The van der Waals surface area contributed by atoms with Gasteiger partial charge in [-0.25, -0.2) is 13.1 Å². The maximum absolute atomic E-state index is 12.1. The quantitative estimate of drug-likeness (QED) is 0.918. The van der Waals surface area contributed by atoms with Gasteiger partial charge in [-0.1, -0.05) is 29.3 Å². The van der Waals surface area contributed by atoms with E-state index in [0.717, 1.165) is 5.56 Å². The first-order valence-electron chi connectivity index (χ1n) is 6.38. The van der Waals surface area contributed by atoms with Crippen LogP contribution in [0.5, 0.6) is 0 Å². The summed E-state index contributed by atoms with van der Waals surface area (Å²) in [7, 11) is -1.87. The van der Waals surface area contributed by atoms with E-state index in [2.05, 4.69) is 4.72 Å². The number of rotatable bonds is 4. The molecule has 1 aromatic rings. The van der Waals surface area contributed by atoms with Crippen LogP contribution in [0.4, 0.5) is 0 Å². The number of hydrogen-bond acceptors (Lipinski definition) is 3. The third-order valence-electron chi connectivity index (χ3n) is 3.58. The first-order chi connectivity index (χ1) is 9.44. The fourth-order valence-corrected chi connectivity index (χ4v) is 4.37. The highest BCUT2D eigenvalue weighted by Gasteiger charge is 2.35. The minimum absolute atomic E-state index is 0.111. The smallest absolute Gasteiger partial charge is 0.214 e. The summed E-state index contributed by atoms with van der Waals surface area (Å²) in [6.45, 7) is 0.890. The third kappa shape index (κ3) is 3.65. The molecule has 0 aromatic heterocycles. The van der Waals surface area contributed by atoms with Gasteiger partial charge in [-0.2, -0.15) is 0 Å². The molecule has 1 aliphatic heterocycles. The van der Waals surface area contributed by atoms with E-state index in [9.17, 15) is 8.42 Å². The van der Waals surface area contributed by atoms with Crippen molar-refractivity contribution in [3.8, 4) is 0 Å². The molecule has 2 rings (SSSR count). The first kappa shape index (κ1) is 16.0. The average Bonchev–Trinajstić information content (AvgIpc) is 2.42. The second-order valence-corrected chi connectivity index (χ2v) is 7.80. The van der Waals surface area contributed by atoms with Gasteiger partial charge in [-0.3, -0.25) is 0 Å². The zero-order valence-corrected chi connectivity index (χ0v) is 13.4. The van der Waals surface area contributed by atoms with Crippen molar-refractivity contribution >= 4 is 33.2 Å². The minimum atomic E-state index is -3.31. The Balaban J connectivity index is 2.21. The standard InChI is InChI=1S/C13H17Cl2NO3S/c1-16-20(17,18)13-4-5-19-8-10(13)6-9-2-3-11(14)7-12(9)15/h2-3,7,10,13,16H,4-6,8H2,1H3/t10-,13-/m0/s1. The summed E-state index contributed by atoms with van der Waals surface area (Å²) >= 11 is 12.0. The molecule has 112 valence electrons. The molecule has 1 aromatic carbocycles. The maximum Gasteiger partial charge on any atom is 0.214 e. The normalized spacial score (nSPS) is 23.8. The Bertz CT molecular complexity index is 577. The molecule has 20 heavy (non-hydrogen) atoms. The van der Waals surface area contributed by atoms with Crippen molar-refractivity contribution in [2.24, 2.45) is 5.92 Å². The van der Waals surface area contributed by atoms with Gasteiger partial charge in [0.2, 0.25) is 10.0 Å². The largest absolute Gasteiger partial charge is 0.381 e. The SMILES string of the molecule is CNS(=O)(=O)[C@H]1CCOC[C@@H]1Cc1ccc(Cl)cc1Cl. The summed E-state index contributed by atoms with van der Waals surface area (Å²) in [4.78, 5) is 0. The maximum atomic E-state index is 12.1. The molecule has 0 spiro atoms. The van der Waals surface area contributed by atoms with Crippen LogP contribution in [0, 0.1) is 5.92 Å². The Morgan fingerprint density at radius 3 is 2.80 bits per heavy atom. The van der Waals surface area contributed by atoms with Gasteiger partial charge in [0.25, 0.3) is 0 Å². The topological polar surface area (TPSA) is 55.4 Å². The molecule has 2 atom stereocenters. The molecule has 1 N–H and O–H groups in total. The Morgan fingerprint density at radius 2 is 2.15 bits per heavy atom. The van der Waals surface area contributed by atoms with Crippen LogP contribution in [0.3, 0.4) is 0 Å². The Labute approximate surface area is 129 Å². The van der Waals surface area contributed by atoms with E-state index in [-0.39, 0.29) is 5.92 Å². The average molecular weight is 338 g/mol. The zero-order chi connectivity index (χ0) is 14.8. The van der Waals surface area contributed by atoms with Crippen molar-refractivity contribution in [1.29, 1.82) is 0 Å². The summed E-state index contributed by atoms with van der Waals surface area (Å²) in [5.41, 5.74) is 0.892. The molecule has 1 fully saturated rings. The van der Waals surface area contributed by atoms with Gasteiger partial charge < -0.3 is 4.74 Å². The summed E-state index contributed by atoms with van der Waals surface area (Å²) in [5, 5.41) is 0.676. The number of hydrogen-bond donors (Lipinski definition) is 1. The van der Waals surface area contributed by atoms with E-state index >= 15 is 0 Å². The van der Waals surface area contributed by atoms with Gasteiger partial charge in [0.05, 0.1) is 11.9 Å². The van der Waals surface area contributed by atoms with Crippen LogP contribution < -0.4 is 4.72 Å². The molecule has 0 amide bonds. The molecular weight excluding hydrogens is 321 g/mol. The van der Waals surface area contributed by atoms with Gasteiger partial charge in [0.15, 0.2) is 0 Å². The van der Waals surface area contributed by atoms with Crippen LogP contribution in [0.2, 0.25) is 10.0 Å². The summed E-state index contributed by atoms with van der Waals surface area (Å²) in [6.07, 6.45) is 1.06. The van der Waals surface area contributed by atoms with Crippen molar-refractivity contribution in [2.45, 2.75) is 18.1 Å². The molecule has 0 bridgehead atoms. The van der Waals surface area contributed by atoms with Crippen molar-refractivity contribution in [3.05, 3.63) is 33.8 Å². The Kier molecular flexibility index (Phi) is 5.31.